The molecule has 0 spiro atoms. The predicted molar refractivity (Wildman–Crippen MR) is 132 cm³/mol. The van der Waals surface area contributed by atoms with Gasteiger partial charge >= 0.3 is 11.9 Å². The molecule has 0 aliphatic heterocycles. The first-order valence-corrected chi connectivity index (χ1v) is 11.7. The van der Waals surface area contributed by atoms with Crippen LogP contribution in [0.2, 0.25) is 10.0 Å². The van der Waals surface area contributed by atoms with Gasteiger partial charge in [0.25, 0.3) is 5.91 Å². The SMILES string of the molecule is O=C(O)C=C1CCC(C(=O)N[C@@H](Cc2ccc(NC(=O)c3c(Cl)cccc3Cl)cc2)C(=O)O)CC1. The Kier molecular flexibility index (Phi) is 8.89. The summed E-state index contributed by atoms with van der Waals surface area (Å²) in [5.41, 5.74) is 2.06. The van der Waals surface area contributed by atoms with Crippen LogP contribution in [0.1, 0.15) is 41.6 Å². The van der Waals surface area contributed by atoms with Gasteiger partial charge in [0.05, 0.1) is 15.6 Å². The Hall–Kier alpha value is -3.36. The number of amides is 2. The van der Waals surface area contributed by atoms with Gasteiger partial charge in [-0.15, -0.1) is 0 Å². The largest absolute Gasteiger partial charge is 0.480 e. The number of halogens is 2. The van der Waals surface area contributed by atoms with E-state index < -0.39 is 23.9 Å². The summed E-state index contributed by atoms with van der Waals surface area (Å²) in [6.45, 7) is 0. The van der Waals surface area contributed by atoms with E-state index in [9.17, 15) is 24.3 Å². The number of hydrogen-bond acceptors (Lipinski definition) is 4. The zero-order valence-corrected chi connectivity index (χ0v) is 20.1. The molecule has 1 saturated carbocycles. The molecule has 1 fully saturated rings. The molecule has 0 radical (unpaired) electrons. The van der Waals surface area contributed by atoms with Gasteiger partial charge in [-0.1, -0.05) is 47.0 Å². The molecule has 4 N–H and O–H groups in total. The van der Waals surface area contributed by atoms with Crippen molar-refractivity contribution in [3.63, 3.8) is 0 Å². The van der Waals surface area contributed by atoms with E-state index in [0.717, 1.165) is 5.57 Å². The highest BCUT2D eigenvalue weighted by molar-refractivity contribution is 6.40. The number of allylic oxidation sites excluding steroid dienone is 1. The topological polar surface area (TPSA) is 133 Å². The molecule has 10 heteroatoms. The van der Waals surface area contributed by atoms with Crippen molar-refractivity contribution in [3.8, 4) is 0 Å². The third kappa shape index (κ3) is 7.31. The van der Waals surface area contributed by atoms with E-state index in [4.69, 9.17) is 28.3 Å². The van der Waals surface area contributed by atoms with Crippen LogP contribution in [0.4, 0.5) is 5.69 Å². The minimum Gasteiger partial charge on any atom is -0.480 e. The second-order valence-corrected chi connectivity index (χ2v) is 9.08. The molecule has 184 valence electrons. The first-order chi connectivity index (χ1) is 16.6. The first kappa shape index (κ1) is 26.2. The van der Waals surface area contributed by atoms with Gasteiger partial charge in [0.15, 0.2) is 0 Å². The van der Waals surface area contributed by atoms with Crippen LogP contribution >= 0.6 is 23.2 Å². The molecule has 0 saturated heterocycles. The Morgan fingerprint density at radius 1 is 0.971 bits per heavy atom. The summed E-state index contributed by atoms with van der Waals surface area (Å²) in [4.78, 5) is 47.7. The number of rotatable bonds is 8. The van der Waals surface area contributed by atoms with Gasteiger partial charge in [-0.05, 0) is 55.5 Å². The highest BCUT2D eigenvalue weighted by atomic mass is 35.5. The molecule has 2 amide bonds. The fraction of sp³-hybridized carbons (Fsp3) is 0.280. The van der Waals surface area contributed by atoms with Gasteiger partial charge in [-0.25, -0.2) is 9.59 Å². The number of benzene rings is 2. The number of carboxylic acid groups (broad SMARTS) is 2. The van der Waals surface area contributed by atoms with Gasteiger partial charge in [0.1, 0.15) is 6.04 Å². The van der Waals surface area contributed by atoms with Gasteiger partial charge < -0.3 is 20.8 Å². The van der Waals surface area contributed by atoms with E-state index in [-0.39, 0.29) is 33.9 Å². The van der Waals surface area contributed by atoms with Crippen LogP contribution < -0.4 is 10.6 Å². The standard InChI is InChI=1S/C25H24Cl2N2O6/c26-18-2-1-3-19(27)22(18)24(33)28-17-10-6-14(7-11-17)12-20(25(34)35)29-23(32)16-8-4-15(5-9-16)13-21(30)31/h1-3,6-7,10-11,13,16,20H,4-5,8-9,12H2,(H,28,33)(H,29,32)(H,30,31)(H,34,35)/t16?,20-/m0/s1. The van der Waals surface area contributed by atoms with Crippen molar-refractivity contribution in [2.75, 3.05) is 5.32 Å². The Morgan fingerprint density at radius 3 is 2.11 bits per heavy atom. The maximum Gasteiger partial charge on any atom is 0.328 e. The lowest BCUT2D eigenvalue weighted by molar-refractivity contribution is -0.142. The summed E-state index contributed by atoms with van der Waals surface area (Å²) in [6.07, 6.45) is 3.16. The number of carbonyl (C=O) groups is 4. The Bertz CT molecular complexity index is 1130. The second-order valence-electron chi connectivity index (χ2n) is 8.27. The molecular formula is C25H24Cl2N2O6. The van der Waals surface area contributed by atoms with E-state index in [1.54, 1.807) is 42.5 Å². The molecule has 2 aromatic carbocycles. The fourth-order valence-electron chi connectivity index (χ4n) is 3.93. The van der Waals surface area contributed by atoms with Crippen molar-refractivity contribution in [2.24, 2.45) is 5.92 Å². The second kappa shape index (κ2) is 11.9. The smallest absolute Gasteiger partial charge is 0.328 e. The minimum absolute atomic E-state index is 0.0581. The normalized spacial score (nSPS) is 16.2. The Morgan fingerprint density at radius 2 is 1.57 bits per heavy atom. The quantitative estimate of drug-likeness (QED) is 0.378. The summed E-state index contributed by atoms with van der Waals surface area (Å²) in [7, 11) is 0. The molecule has 0 heterocycles. The van der Waals surface area contributed by atoms with Gasteiger partial charge in [-0.3, -0.25) is 9.59 Å². The average molecular weight is 519 g/mol. The van der Waals surface area contributed by atoms with Crippen LogP contribution in [0.15, 0.2) is 54.1 Å². The number of carboxylic acids is 2. The van der Waals surface area contributed by atoms with E-state index in [2.05, 4.69) is 10.6 Å². The molecule has 0 unspecified atom stereocenters. The number of carbonyl (C=O) groups excluding carboxylic acids is 2. The molecule has 0 bridgehead atoms. The van der Waals surface area contributed by atoms with Crippen LogP contribution in [0.25, 0.3) is 0 Å². The van der Waals surface area contributed by atoms with Crippen LogP contribution in [0, 0.1) is 5.92 Å². The molecule has 2 aromatic rings. The fourth-order valence-corrected chi connectivity index (χ4v) is 4.50. The number of hydrogen-bond donors (Lipinski definition) is 4. The molecule has 1 aliphatic rings. The lowest BCUT2D eigenvalue weighted by Gasteiger charge is -2.24. The van der Waals surface area contributed by atoms with Crippen LogP contribution in [0.3, 0.4) is 0 Å². The van der Waals surface area contributed by atoms with Crippen molar-refractivity contribution in [1.82, 2.24) is 5.32 Å². The Labute approximate surface area is 211 Å². The van der Waals surface area contributed by atoms with Gasteiger partial charge in [0, 0.05) is 24.1 Å². The minimum atomic E-state index is -1.16. The lowest BCUT2D eigenvalue weighted by Crippen LogP contribution is -2.45. The zero-order chi connectivity index (χ0) is 25.5. The average Bonchev–Trinajstić information content (AvgIpc) is 2.79. The molecule has 8 nitrogen and oxygen atoms in total. The summed E-state index contributed by atoms with van der Waals surface area (Å²) in [6, 6.07) is 10.2. The van der Waals surface area contributed by atoms with E-state index in [1.807, 2.05) is 0 Å². The summed E-state index contributed by atoms with van der Waals surface area (Å²) in [5, 5.41) is 24.2. The Balaban J connectivity index is 1.58. The van der Waals surface area contributed by atoms with Crippen molar-refractivity contribution in [2.45, 2.75) is 38.1 Å². The maximum absolute atomic E-state index is 12.6. The van der Waals surface area contributed by atoms with Crippen molar-refractivity contribution >= 4 is 52.6 Å². The van der Waals surface area contributed by atoms with E-state index >= 15 is 0 Å². The molecular weight excluding hydrogens is 495 g/mol. The first-order valence-electron chi connectivity index (χ1n) is 10.9. The third-order valence-corrected chi connectivity index (χ3v) is 6.41. The molecule has 1 aliphatic carbocycles. The van der Waals surface area contributed by atoms with Crippen molar-refractivity contribution in [1.29, 1.82) is 0 Å². The highest BCUT2D eigenvalue weighted by Crippen LogP contribution is 2.29. The summed E-state index contributed by atoms with van der Waals surface area (Å²) < 4.78 is 0. The lowest BCUT2D eigenvalue weighted by atomic mass is 9.85. The van der Waals surface area contributed by atoms with Crippen LogP contribution in [-0.2, 0) is 20.8 Å². The summed E-state index contributed by atoms with van der Waals surface area (Å²) >= 11 is 12.1. The zero-order valence-electron chi connectivity index (χ0n) is 18.6. The van der Waals surface area contributed by atoms with Gasteiger partial charge in [-0.2, -0.15) is 0 Å². The van der Waals surface area contributed by atoms with Crippen LogP contribution in [-0.4, -0.2) is 40.0 Å². The predicted octanol–water partition coefficient (Wildman–Crippen LogP) is 4.56. The van der Waals surface area contributed by atoms with Gasteiger partial charge in [0.2, 0.25) is 5.91 Å². The third-order valence-electron chi connectivity index (χ3n) is 5.78. The van der Waals surface area contributed by atoms with Crippen LogP contribution in [0.5, 0.6) is 0 Å². The molecule has 0 aromatic heterocycles. The highest BCUT2D eigenvalue weighted by Gasteiger charge is 2.28. The van der Waals surface area contributed by atoms with Crippen molar-refractivity contribution < 1.29 is 29.4 Å². The van der Waals surface area contributed by atoms with E-state index in [0.29, 0.717) is 36.9 Å². The number of nitrogens with one attached hydrogen (secondary N) is 2. The molecule has 3 rings (SSSR count). The number of anilines is 1. The molecule has 35 heavy (non-hydrogen) atoms. The monoisotopic (exact) mass is 518 g/mol. The van der Waals surface area contributed by atoms with Crippen molar-refractivity contribution in [3.05, 3.63) is 75.3 Å². The summed E-state index contributed by atoms with van der Waals surface area (Å²) in [5.74, 6) is -3.36. The maximum atomic E-state index is 12.6. The molecule has 1 atom stereocenters. The number of aliphatic carboxylic acids is 2. The van der Waals surface area contributed by atoms with E-state index in [1.165, 1.54) is 6.08 Å².